The lowest BCUT2D eigenvalue weighted by atomic mass is 9.82. The summed E-state index contributed by atoms with van der Waals surface area (Å²) in [6.07, 6.45) is 0. The molecule has 0 amide bonds. The van der Waals surface area contributed by atoms with Crippen molar-refractivity contribution in [2.24, 2.45) is 0 Å². The summed E-state index contributed by atoms with van der Waals surface area (Å²) in [6, 6.07) is 87.7. The van der Waals surface area contributed by atoms with Crippen molar-refractivity contribution >= 4 is 78.2 Å². The first-order valence-corrected chi connectivity index (χ1v) is 29.4. The van der Waals surface area contributed by atoms with Gasteiger partial charge in [-0.2, -0.15) is 0 Å². The number of nitrogens with zero attached hydrogens (tertiary/aromatic N) is 2. The average molecular weight is 1080 g/mol. The number of fused-ring (bicyclic) bond motifs is 7. The molecule has 12 aromatic rings. The Morgan fingerprint density at radius 3 is 1.61 bits per heavy atom. The zero-order chi connectivity index (χ0) is 57.6. The average Bonchev–Trinajstić information content (AvgIpc) is 4.12. The maximum absolute atomic E-state index is 7.13. The SMILES string of the molecule is CC(C)(C)c1ccc(N(c2ccc(C(C)(C)C)cc2)c2cccc(N(c3cc(-c4cc5ccccc5cc4Nc4ccc5c(c4)C(C)(C)c4ccccc4-5)c4oc5ccccc5c4c3)c3ccc(C(C)(C)C)cc3-c3ccccc3)c2)cc1. The van der Waals surface area contributed by atoms with E-state index in [-0.39, 0.29) is 21.7 Å². The van der Waals surface area contributed by atoms with Crippen LogP contribution >= 0.6 is 0 Å². The van der Waals surface area contributed by atoms with E-state index in [0.29, 0.717) is 0 Å². The molecular weight excluding hydrogens is 1010 g/mol. The molecule has 0 saturated carbocycles. The van der Waals surface area contributed by atoms with Crippen molar-refractivity contribution < 1.29 is 4.42 Å². The molecule has 0 fully saturated rings. The van der Waals surface area contributed by atoms with Crippen molar-refractivity contribution in [3.05, 3.63) is 264 Å². The molecule has 0 unspecified atom stereocenters. The monoisotopic (exact) mass is 1080 g/mol. The number of benzene rings is 11. The maximum atomic E-state index is 7.13. The zero-order valence-corrected chi connectivity index (χ0v) is 49.8. The molecule has 0 radical (unpaired) electrons. The molecule has 0 atom stereocenters. The van der Waals surface area contributed by atoms with Crippen LogP contribution in [0.3, 0.4) is 0 Å². The van der Waals surface area contributed by atoms with Gasteiger partial charge in [-0.25, -0.2) is 0 Å². The third kappa shape index (κ3) is 9.74. The quantitative estimate of drug-likeness (QED) is 0.148. The van der Waals surface area contributed by atoms with Crippen LogP contribution in [0.2, 0.25) is 0 Å². The summed E-state index contributed by atoms with van der Waals surface area (Å²) >= 11 is 0. The number of hydrogen-bond acceptors (Lipinski definition) is 4. The summed E-state index contributed by atoms with van der Waals surface area (Å²) in [7, 11) is 0. The number of furan rings is 1. The lowest BCUT2D eigenvalue weighted by Crippen LogP contribution is -2.16. The fourth-order valence-corrected chi connectivity index (χ4v) is 12.6. The molecule has 1 heterocycles. The van der Waals surface area contributed by atoms with Crippen molar-refractivity contribution in [3.8, 4) is 33.4 Å². The van der Waals surface area contributed by atoms with Gasteiger partial charge in [-0.1, -0.05) is 216 Å². The van der Waals surface area contributed by atoms with E-state index in [4.69, 9.17) is 4.42 Å². The first-order valence-electron chi connectivity index (χ1n) is 29.4. The van der Waals surface area contributed by atoms with E-state index in [1.165, 1.54) is 38.9 Å². The molecule has 4 nitrogen and oxygen atoms in total. The predicted molar refractivity (Wildman–Crippen MR) is 355 cm³/mol. The Bertz CT molecular complexity index is 4370. The van der Waals surface area contributed by atoms with Crippen molar-refractivity contribution in [3.63, 3.8) is 0 Å². The summed E-state index contributed by atoms with van der Waals surface area (Å²) in [5.74, 6) is 0. The minimum Gasteiger partial charge on any atom is -0.455 e. The van der Waals surface area contributed by atoms with E-state index in [2.05, 4.69) is 328 Å². The molecule has 1 aromatic heterocycles. The molecule has 1 N–H and O–H groups in total. The smallest absolute Gasteiger partial charge is 0.143 e. The highest BCUT2D eigenvalue weighted by Gasteiger charge is 2.35. The summed E-state index contributed by atoms with van der Waals surface area (Å²) in [5.41, 5.74) is 23.2. The van der Waals surface area contributed by atoms with Gasteiger partial charge in [-0.15, -0.1) is 0 Å². The fraction of sp³-hybridized carbons (Fsp3) is 0.190. The molecule has 0 bridgehead atoms. The van der Waals surface area contributed by atoms with E-state index < -0.39 is 0 Å². The van der Waals surface area contributed by atoms with Crippen LogP contribution in [0.4, 0.5) is 45.5 Å². The highest BCUT2D eigenvalue weighted by Crippen LogP contribution is 2.52. The normalized spacial score (nSPS) is 13.1. The Labute approximate surface area is 490 Å². The molecule has 4 heteroatoms. The summed E-state index contributed by atoms with van der Waals surface area (Å²) < 4.78 is 7.13. The van der Waals surface area contributed by atoms with Crippen molar-refractivity contribution in [1.82, 2.24) is 0 Å². The van der Waals surface area contributed by atoms with Crippen LogP contribution in [-0.2, 0) is 21.7 Å². The van der Waals surface area contributed by atoms with Crippen molar-refractivity contribution in [2.75, 3.05) is 15.1 Å². The molecular formula is C79H73N3O. The maximum Gasteiger partial charge on any atom is 0.143 e. The van der Waals surface area contributed by atoms with E-state index in [9.17, 15) is 0 Å². The Kier molecular flexibility index (Phi) is 12.9. The standard InChI is InChI=1S/C79H73N3O/c1-76(2,3)54-32-38-58(39-33-54)81(59-40-34-55(35-41-59)77(4,5)6)60-26-21-27-61(48-60)82(73-43-36-56(78(7,8)9)46-66(73)51-22-13-12-14-23-51)62-49-68-65-29-18-20-31-74(65)83-75(68)69(50-62)67-44-52-24-15-16-25-53(52)45-72(67)80-57-37-42-64-63-28-17-19-30-70(63)79(10,11)71(64)47-57/h12-50,80H,1-11H3. The zero-order valence-electron chi connectivity index (χ0n) is 49.8. The third-order valence-electron chi connectivity index (χ3n) is 17.3. The van der Waals surface area contributed by atoms with E-state index >= 15 is 0 Å². The van der Waals surface area contributed by atoms with Gasteiger partial charge in [0.15, 0.2) is 0 Å². The van der Waals surface area contributed by atoms with Gasteiger partial charge in [-0.05, 0) is 169 Å². The Morgan fingerprint density at radius 1 is 0.361 bits per heavy atom. The summed E-state index contributed by atoms with van der Waals surface area (Å²) in [4.78, 5) is 4.90. The van der Waals surface area contributed by atoms with Crippen LogP contribution in [-0.4, -0.2) is 0 Å². The largest absolute Gasteiger partial charge is 0.455 e. The molecule has 11 aromatic carbocycles. The highest BCUT2D eigenvalue weighted by atomic mass is 16.3. The molecule has 1 aliphatic rings. The van der Waals surface area contributed by atoms with Crippen molar-refractivity contribution in [1.29, 1.82) is 0 Å². The highest BCUT2D eigenvalue weighted by molar-refractivity contribution is 6.14. The van der Waals surface area contributed by atoms with Crippen LogP contribution in [0, 0.1) is 0 Å². The molecule has 1 aliphatic carbocycles. The third-order valence-corrected chi connectivity index (χ3v) is 17.3. The summed E-state index contributed by atoms with van der Waals surface area (Å²) in [6.45, 7) is 25.3. The second kappa shape index (κ2) is 20.1. The van der Waals surface area contributed by atoms with Crippen LogP contribution in [0.25, 0.3) is 66.1 Å². The van der Waals surface area contributed by atoms with Crippen LogP contribution in [0.15, 0.2) is 241 Å². The lowest BCUT2D eigenvalue weighted by Gasteiger charge is -2.32. The van der Waals surface area contributed by atoms with Gasteiger partial charge in [0.25, 0.3) is 0 Å². The predicted octanol–water partition coefficient (Wildman–Crippen LogP) is 23.0. The molecule has 0 saturated heterocycles. The number of anilines is 8. The van der Waals surface area contributed by atoms with Gasteiger partial charge in [-0.3, -0.25) is 0 Å². The van der Waals surface area contributed by atoms with Crippen LogP contribution in [0.1, 0.15) is 104 Å². The minimum absolute atomic E-state index is 0.00702. The first kappa shape index (κ1) is 53.2. The Balaban J connectivity index is 1.06. The van der Waals surface area contributed by atoms with Crippen LogP contribution < -0.4 is 15.1 Å². The lowest BCUT2D eigenvalue weighted by molar-refractivity contribution is 0.590. The van der Waals surface area contributed by atoms with Gasteiger partial charge in [0, 0.05) is 72.7 Å². The number of hydrogen-bond donors (Lipinski definition) is 1. The van der Waals surface area contributed by atoms with Gasteiger partial charge >= 0.3 is 0 Å². The van der Waals surface area contributed by atoms with Gasteiger partial charge in [0.2, 0.25) is 0 Å². The minimum atomic E-state index is -0.153. The second-order valence-electron chi connectivity index (χ2n) is 26.4. The fourth-order valence-electron chi connectivity index (χ4n) is 12.6. The first-order chi connectivity index (χ1) is 39.8. The van der Waals surface area contributed by atoms with Gasteiger partial charge < -0.3 is 19.5 Å². The van der Waals surface area contributed by atoms with Gasteiger partial charge in [0.1, 0.15) is 11.2 Å². The number of para-hydroxylation sites is 1. The molecule has 83 heavy (non-hydrogen) atoms. The molecule has 410 valence electrons. The van der Waals surface area contributed by atoms with Crippen molar-refractivity contribution in [2.45, 2.75) is 97.8 Å². The van der Waals surface area contributed by atoms with E-state index in [1.807, 2.05) is 0 Å². The summed E-state index contributed by atoms with van der Waals surface area (Å²) in [5, 5.41) is 8.43. The van der Waals surface area contributed by atoms with E-state index in [1.54, 1.807) is 0 Å². The molecule has 0 spiro atoms. The molecule has 13 rings (SSSR count). The number of nitrogens with one attached hydrogen (secondary N) is 1. The Morgan fingerprint density at radius 2 is 0.940 bits per heavy atom. The Hall–Kier alpha value is -9.12. The topological polar surface area (TPSA) is 31.6 Å². The van der Waals surface area contributed by atoms with E-state index in [0.717, 1.165) is 100 Å². The molecule has 0 aliphatic heterocycles. The van der Waals surface area contributed by atoms with Crippen LogP contribution in [0.5, 0.6) is 0 Å². The number of rotatable bonds is 10. The van der Waals surface area contributed by atoms with Gasteiger partial charge in [0.05, 0.1) is 5.69 Å². The second-order valence-corrected chi connectivity index (χ2v) is 26.4.